The molecule has 0 N–H and O–H groups in total. The van der Waals surface area contributed by atoms with Crippen LogP contribution in [0.2, 0.25) is 0 Å². The fraction of sp³-hybridized carbons (Fsp3) is 0.647. The third-order valence-electron chi connectivity index (χ3n) is 4.30. The van der Waals surface area contributed by atoms with Crippen molar-refractivity contribution in [3.8, 4) is 0 Å². The summed E-state index contributed by atoms with van der Waals surface area (Å²) in [5, 5.41) is 0. The van der Waals surface area contributed by atoms with E-state index in [1.54, 1.807) is 4.31 Å². The van der Waals surface area contributed by atoms with E-state index < -0.39 is 10.0 Å². The fourth-order valence-corrected chi connectivity index (χ4v) is 4.33. The summed E-state index contributed by atoms with van der Waals surface area (Å²) in [6.07, 6.45) is 1.72. The summed E-state index contributed by atoms with van der Waals surface area (Å²) < 4.78 is 26.6. The van der Waals surface area contributed by atoms with Crippen molar-refractivity contribution in [3.05, 3.63) is 35.9 Å². The van der Waals surface area contributed by atoms with Gasteiger partial charge in [-0.2, -0.15) is 4.31 Å². The maximum Gasteiger partial charge on any atom is 0.214 e. The van der Waals surface area contributed by atoms with Crippen LogP contribution in [0.15, 0.2) is 30.3 Å². The van der Waals surface area contributed by atoms with Gasteiger partial charge in [0.1, 0.15) is 0 Å². The molecule has 1 aromatic rings. The third kappa shape index (κ3) is 6.22. The average molecular weight is 340 g/mol. The topological polar surface area (TPSA) is 43.9 Å². The van der Waals surface area contributed by atoms with Crippen molar-refractivity contribution in [2.45, 2.75) is 12.8 Å². The summed E-state index contributed by atoms with van der Waals surface area (Å²) in [4.78, 5) is 4.55. The Morgan fingerprint density at radius 1 is 1.04 bits per heavy atom. The molecule has 0 aliphatic carbocycles. The molecule has 1 aromatic carbocycles. The fourth-order valence-electron chi connectivity index (χ4n) is 2.86. The highest BCUT2D eigenvalue weighted by Gasteiger charge is 2.26. The first-order chi connectivity index (χ1) is 11.0. The Morgan fingerprint density at radius 3 is 2.30 bits per heavy atom. The number of hydrogen-bond donors (Lipinski definition) is 0. The van der Waals surface area contributed by atoms with Crippen LogP contribution in [-0.2, 0) is 16.4 Å². The second kappa shape index (κ2) is 8.78. The van der Waals surface area contributed by atoms with Gasteiger partial charge in [-0.15, -0.1) is 0 Å². The molecule has 0 bridgehead atoms. The Hall–Kier alpha value is -0.950. The van der Waals surface area contributed by atoms with Gasteiger partial charge in [0.2, 0.25) is 10.0 Å². The Balaban J connectivity index is 1.75. The SMILES string of the molecule is CN(C)CCCN1CCN(S(=O)(=O)CCc2ccccc2)CC1. The number of rotatable bonds is 8. The molecule has 1 aliphatic rings. The summed E-state index contributed by atoms with van der Waals surface area (Å²) in [7, 11) is 1.02. The first-order valence-corrected chi connectivity index (χ1v) is 9.97. The van der Waals surface area contributed by atoms with E-state index in [4.69, 9.17) is 0 Å². The van der Waals surface area contributed by atoms with E-state index in [1.165, 1.54) is 0 Å². The van der Waals surface area contributed by atoms with Crippen molar-refractivity contribution in [3.63, 3.8) is 0 Å². The molecule has 0 saturated carbocycles. The largest absolute Gasteiger partial charge is 0.309 e. The molecule has 130 valence electrons. The van der Waals surface area contributed by atoms with Crippen LogP contribution in [0.1, 0.15) is 12.0 Å². The van der Waals surface area contributed by atoms with Gasteiger partial charge in [-0.3, -0.25) is 0 Å². The molecule has 1 aliphatic heterocycles. The van der Waals surface area contributed by atoms with Crippen LogP contribution in [0.4, 0.5) is 0 Å². The van der Waals surface area contributed by atoms with Gasteiger partial charge in [0.05, 0.1) is 5.75 Å². The maximum atomic E-state index is 12.5. The summed E-state index contributed by atoms with van der Waals surface area (Å²) in [6.45, 7) is 5.07. The van der Waals surface area contributed by atoms with Gasteiger partial charge in [-0.25, -0.2) is 8.42 Å². The molecule has 0 atom stereocenters. The number of aryl methyl sites for hydroxylation is 1. The Morgan fingerprint density at radius 2 is 1.70 bits per heavy atom. The number of piperazine rings is 1. The lowest BCUT2D eigenvalue weighted by molar-refractivity contribution is 0.181. The molecule has 23 heavy (non-hydrogen) atoms. The summed E-state index contributed by atoms with van der Waals surface area (Å²) in [5.74, 6) is 0.206. The zero-order valence-corrected chi connectivity index (χ0v) is 15.1. The van der Waals surface area contributed by atoms with Gasteiger partial charge in [0.25, 0.3) is 0 Å². The Labute approximate surface area is 140 Å². The molecule has 6 heteroatoms. The molecule has 0 aromatic heterocycles. The normalized spacial score (nSPS) is 17.7. The third-order valence-corrected chi connectivity index (χ3v) is 6.17. The predicted octanol–water partition coefficient (Wildman–Crippen LogP) is 1.13. The highest BCUT2D eigenvalue weighted by Crippen LogP contribution is 2.11. The zero-order chi connectivity index (χ0) is 16.7. The maximum absolute atomic E-state index is 12.5. The predicted molar refractivity (Wildman–Crippen MR) is 95.1 cm³/mol. The highest BCUT2D eigenvalue weighted by atomic mass is 32.2. The van der Waals surface area contributed by atoms with E-state index in [-0.39, 0.29) is 5.75 Å². The molecule has 0 radical (unpaired) electrons. The van der Waals surface area contributed by atoms with Gasteiger partial charge in [0, 0.05) is 26.2 Å². The Bertz CT molecular complexity index is 552. The van der Waals surface area contributed by atoms with Gasteiger partial charge in [-0.05, 0) is 45.6 Å². The van der Waals surface area contributed by atoms with Crippen molar-refractivity contribution < 1.29 is 8.42 Å². The monoisotopic (exact) mass is 339 g/mol. The van der Waals surface area contributed by atoms with Crippen LogP contribution < -0.4 is 0 Å². The van der Waals surface area contributed by atoms with Crippen molar-refractivity contribution in [1.82, 2.24) is 14.1 Å². The average Bonchev–Trinajstić information content (AvgIpc) is 2.54. The van der Waals surface area contributed by atoms with Crippen LogP contribution in [0, 0.1) is 0 Å². The molecule has 5 nitrogen and oxygen atoms in total. The number of nitrogens with zero attached hydrogens (tertiary/aromatic N) is 3. The smallest absolute Gasteiger partial charge is 0.214 e. The van der Waals surface area contributed by atoms with Crippen molar-refractivity contribution in [2.75, 3.05) is 59.1 Å². The van der Waals surface area contributed by atoms with E-state index in [2.05, 4.69) is 23.9 Å². The molecule has 0 amide bonds. The standard InChI is InChI=1S/C17H29N3O2S/c1-18(2)10-6-11-19-12-14-20(15-13-19)23(21,22)16-9-17-7-4-3-5-8-17/h3-5,7-8H,6,9-16H2,1-2H3. The second-order valence-corrected chi connectivity index (χ2v) is 8.54. The molecule has 2 rings (SSSR count). The van der Waals surface area contributed by atoms with Crippen LogP contribution in [0.5, 0.6) is 0 Å². The minimum Gasteiger partial charge on any atom is -0.309 e. The number of hydrogen-bond acceptors (Lipinski definition) is 4. The van der Waals surface area contributed by atoms with Crippen molar-refractivity contribution in [1.29, 1.82) is 0 Å². The quantitative estimate of drug-likeness (QED) is 0.712. The van der Waals surface area contributed by atoms with E-state index >= 15 is 0 Å². The first kappa shape index (κ1) is 18.4. The van der Waals surface area contributed by atoms with Gasteiger partial charge < -0.3 is 9.80 Å². The van der Waals surface area contributed by atoms with Crippen molar-refractivity contribution >= 4 is 10.0 Å². The van der Waals surface area contributed by atoms with E-state index in [0.717, 1.165) is 38.2 Å². The van der Waals surface area contributed by atoms with Crippen molar-refractivity contribution in [2.24, 2.45) is 0 Å². The second-order valence-electron chi connectivity index (χ2n) is 6.45. The van der Waals surface area contributed by atoms with Crippen LogP contribution in [0.25, 0.3) is 0 Å². The zero-order valence-electron chi connectivity index (χ0n) is 14.3. The highest BCUT2D eigenvalue weighted by molar-refractivity contribution is 7.89. The lowest BCUT2D eigenvalue weighted by Crippen LogP contribution is -2.49. The van der Waals surface area contributed by atoms with Crippen LogP contribution in [0.3, 0.4) is 0 Å². The molecule has 0 spiro atoms. The minimum absolute atomic E-state index is 0.206. The summed E-state index contributed by atoms with van der Waals surface area (Å²) in [5.41, 5.74) is 1.08. The van der Waals surface area contributed by atoms with Gasteiger partial charge in [0.15, 0.2) is 0 Å². The Kier molecular flexibility index (Phi) is 7.02. The number of benzene rings is 1. The molecular weight excluding hydrogens is 310 g/mol. The minimum atomic E-state index is -3.14. The molecule has 1 saturated heterocycles. The first-order valence-electron chi connectivity index (χ1n) is 8.36. The van der Waals surface area contributed by atoms with Gasteiger partial charge in [-0.1, -0.05) is 30.3 Å². The molecular formula is C17H29N3O2S. The van der Waals surface area contributed by atoms with Crippen LogP contribution >= 0.6 is 0 Å². The lowest BCUT2D eigenvalue weighted by atomic mass is 10.2. The lowest BCUT2D eigenvalue weighted by Gasteiger charge is -2.34. The molecule has 1 fully saturated rings. The summed E-state index contributed by atoms with van der Waals surface area (Å²) in [6, 6.07) is 9.83. The molecule has 0 unspecified atom stereocenters. The number of sulfonamides is 1. The van der Waals surface area contributed by atoms with Crippen LogP contribution in [-0.4, -0.2) is 81.6 Å². The summed E-state index contributed by atoms with van der Waals surface area (Å²) >= 11 is 0. The van der Waals surface area contributed by atoms with E-state index in [9.17, 15) is 8.42 Å². The molecule has 1 heterocycles. The van der Waals surface area contributed by atoms with E-state index in [1.807, 2.05) is 30.3 Å². The van der Waals surface area contributed by atoms with E-state index in [0.29, 0.717) is 19.5 Å². The van der Waals surface area contributed by atoms with Gasteiger partial charge >= 0.3 is 0 Å².